The minimum Gasteiger partial charge on any atom is -0.452 e. The van der Waals surface area contributed by atoms with Crippen LogP contribution in [-0.4, -0.2) is 22.9 Å². The Hall–Kier alpha value is -3.22. The molecule has 35 heavy (non-hydrogen) atoms. The highest BCUT2D eigenvalue weighted by Gasteiger charge is 2.61. The van der Waals surface area contributed by atoms with Gasteiger partial charge in [-0.05, 0) is 99.3 Å². The molecule has 0 aromatic heterocycles. The first-order valence-corrected chi connectivity index (χ1v) is 12.4. The Labute approximate surface area is 205 Å². The Bertz CT molecular complexity index is 1190. The number of nitro benzene ring substituents is 1. The number of esters is 1. The van der Waals surface area contributed by atoms with Gasteiger partial charge in [0, 0.05) is 6.07 Å². The van der Waals surface area contributed by atoms with E-state index in [0.29, 0.717) is 11.8 Å². The van der Waals surface area contributed by atoms with E-state index in [4.69, 9.17) is 4.74 Å². The summed E-state index contributed by atoms with van der Waals surface area (Å²) in [6.45, 7) is 5.79. The van der Waals surface area contributed by atoms with Gasteiger partial charge in [-0.3, -0.25) is 19.7 Å². The van der Waals surface area contributed by atoms with Gasteiger partial charge in [-0.15, -0.1) is 0 Å². The van der Waals surface area contributed by atoms with Crippen LogP contribution < -0.4 is 5.32 Å². The second-order valence-electron chi connectivity index (χ2n) is 11.1. The van der Waals surface area contributed by atoms with Gasteiger partial charge in [0.2, 0.25) is 0 Å². The van der Waals surface area contributed by atoms with Crippen molar-refractivity contribution in [3.8, 4) is 0 Å². The van der Waals surface area contributed by atoms with Crippen molar-refractivity contribution in [3.05, 3.63) is 69.3 Å². The lowest BCUT2D eigenvalue weighted by Crippen LogP contribution is -2.57. The smallest absolute Gasteiger partial charge is 0.312 e. The number of nitrogens with zero attached hydrogens (tertiary/aromatic N) is 1. The number of carbonyl (C=O) groups excluding carboxylic acids is 2. The quantitative estimate of drug-likeness (QED) is 0.331. The Morgan fingerprint density at radius 3 is 2.40 bits per heavy atom. The van der Waals surface area contributed by atoms with Crippen LogP contribution in [0.1, 0.15) is 62.1 Å². The minimum atomic E-state index is -1.05. The zero-order chi connectivity index (χ0) is 25.0. The predicted molar refractivity (Wildman–Crippen MR) is 132 cm³/mol. The molecule has 7 heteroatoms. The zero-order valence-electron chi connectivity index (χ0n) is 20.5. The van der Waals surface area contributed by atoms with E-state index in [1.54, 1.807) is 6.07 Å². The minimum absolute atomic E-state index is 0.0162. The van der Waals surface area contributed by atoms with Crippen molar-refractivity contribution in [2.24, 2.45) is 17.3 Å². The van der Waals surface area contributed by atoms with Crippen molar-refractivity contribution < 1.29 is 19.2 Å². The van der Waals surface area contributed by atoms with Gasteiger partial charge in [-0.2, -0.15) is 0 Å². The van der Waals surface area contributed by atoms with Gasteiger partial charge >= 0.3 is 5.97 Å². The summed E-state index contributed by atoms with van der Waals surface area (Å²) in [6, 6.07) is 12.7. The number of nitro groups is 1. The maximum atomic E-state index is 13.6. The molecule has 3 atom stereocenters. The molecule has 0 spiro atoms. The van der Waals surface area contributed by atoms with Gasteiger partial charge in [0.25, 0.3) is 11.6 Å². The molecule has 4 aliphatic carbocycles. The van der Waals surface area contributed by atoms with E-state index in [1.807, 2.05) is 0 Å². The van der Waals surface area contributed by atoms with Crippen molar-refractivity contribution in [1.29, 1.82) is 0 Å². The van der Waals surface area contributed by atoms with Crippen LogP contribution in [0.25, 0.3) is 0 Å². The molecule has 3 unspecified atom stereocenters. The predicted octanol–water partition coefficient (Wildman–Crippen LogP) is 5.62. The van der Waals surface area contributed by atoms with Crippen molar-refractivity contribution in [2.75, 3.05) is 5.32 Å². The molecule has 4 bridgehead atoms. The Morgan fingerprint density at radius 2 is 1.74 bits per heavy atom. The normalized spacial score (nSPS) is 29.5. The Kier molecular flexibility index (Phi) is 5.69. The van der Waals surface area contributed by atoms with Crippen LogP contribution in [0.4, 0.5) is 11.4 Å². The summed E-state index contributed by atoms with van der Waals surface area (Å²) < 4.78 is 5.77. The molecule has 0 heterocycles. The van der Waals surface area contributed by atoms with Crippen LogP contribution in [0.15, 0.2) is 42.5 Å². The number of hydrogen-bond donors (Lipinski definition) is 1. The van der Waals surface area contributed by atoms with E-state index in [9.17, 15) is 19.7 Å². The molecule has 184 valence electrons. The number of rotatable bonds is 6. The number of carbonyl (C=O) groups is 2. The van der Waals surface area contributed by atoms with Crippen molar-refractivity contribution in [2.45, 2.75) is 70.8 Å². The number of para-hydroxylation sites is 2. The maximum absolute atomic E-state index is 13.6. The maximum Gasteiger partial charge on any atom is 0.312 e. The van der Waals surface area contributed by atoms with E-state index in [-0.39, 0.29) is 22.8 Å². The van der Waals surface area contributed by atoms with Crippen LogP contribution in [-0.2, 0) is 19.7 Å². The first-order valence-electron chi connectivity index (χ1n) is 12.4. The van der Waals surface area contributed by atoms with E-state index in [0.717, 1.165) is 38.5 Å². The molecule has 4 aliphatic rings. The molecule has 4 saturated carbocycles. The Morgan fingerprint density at radius 1 is 1.06 bits per heavy atom. The molecule has 2 aromatic rings. The number of anilines is 1. The zero-order valence-corrected chi connectivity index (χ0v) is 20.5. The van der Waals surface area contributed by atoms with E-state index in [2.05, 4.69) is 37.4 Å². The monoisotopic (exact) mass is 476 g/mol. The lowest BCUT2D eigenvalue weighted by Gasteiger charge is -2.61. The highest BCUT2D eigenvalue weighted by molar-refractivity contribution is 5.97. The summed E-state index contributed by atoms with van der Waals surface area (Å²) in [5.74, 6) is 0.106. The van der Waals surface area contributed by atoms with Crippen molar-refractivity contribution in [3.63, 3.8) is 0 Å². The fraction of sp³-hybridized carbons (Fsp3) is 0.500. The van der Waals surface area contributed by atoms with Gasteiger partial charge in [-0.1, -0.05) is 30.3 Å². The fourth-order valence-corrected chi connectivity index (χ4v) is 7.22. The van der Waals surface area contributed by atoms with Crippen LogP contribution >= 0.6 is 0 Å². The van der Waals surface area contributed by atoms with Gasteiger partial charge < -0.3 is 10.1 Å². The lowest BCUT2D eigenvalue weighted by molar-refractivity contribution is -0.383. The van der Waals surface area contributed by atoms with Crippen LogP contribution in [0.5, 0.6) is 0 Å². The van der Waals surface area contributed by atoms with Crippen LogP contribution in [0.3, 0.4) is 0 Å². The van der Waals surface area contributed by atoms with E-state index in [1.165, 1.54) is 41.8 Å². The third kappa shape index (κ3) is 4.11. The molecule has 0 aliphatic heterocycles. The second kappa shape index (κ2) is 8.47. The topological polar surface area (TPSA) is 98.5 Å². The standard InChI is InChI=1S/C28H32N2O5/c1-17-8-9-22(10-18(17)2)27-12-20-11-21(13-27)15-28(14-20,16-27)26(32)35-19(3)25(31)29-23-6-4-5-7-24(23)30(33)34/h4-10,19-21H,11-16H2,1-3H3,(H,29,31). The number of amides is 1. The molecule has 2 aromatic carbocycles. The molecule has 7 nitrogen and oxygen atoms in total. The van der Waals surface area contributed by atoms with Gasteiger partial charge in [-0.25, -0.2) is 0 Å². The van der Waals surface area contributed by atoms with Gasteiger partial charge in [0.1, 0.15) is 5.69 Å². The van der Waals surface area contributed by atoms with Crippen LogP contribution in [0, 0.1) is 41.2 Å². The largest absolute Gasteiger partial charge is 0.452 e. The van der Waals surface area contributed by atoms with Gasteiger partial charge in [0.15, 0.2) is 6.10 Å². The SMILES string of the molecule is Cc1ccc(C23CC4CC(CC(C(=O)OC(C)C(=O)Nc5ccccc5[N+](=O)[O-])(C4)C2)C3)cc1C. The lowest BCUT2D eigenvalue weighted by atomic mass is 9.43. The fourth-order valence-electron chi connectivity index (χ4n) is 7.22. The molecule has 1 N–H and O–H groups in total. The molecule has 6 rings (SSSR count). The molecule has 0 radical (unpaired) electrons. The summed E-state index contributed by atoms with van der Waals surface area (Å²) in [7, 11) is 0. The van der Waals surface area contributed by atoms with Crippen LogP contribution in [0.2, 0.25) is 0 Å². The highest BCUT2D eigenvalue weighted by atomic mass is 16.6. The number of ether oxygens (including phenoxy) is 1. The average molecular weight is 477 g/mol. The summed E-state index contributed by atoms with van der Waals surface area (Å²) in [5.41, 5.74) is 3.17. The molecular formula is C28H32N2O5. The molecule has 1 amide bonds. The average Bonchev–Trinajstić information content (AvgIpc) is 2.80. The van der Waals surface area contributed by atoms with E-state index < -0.39 is 22.3 Å². The second-order valence-corrected chi connectivity index (χ2v) is 11.1. The number of hydrogen-bond acceptors (Lipinski definition) is 5. The summed E-state index contributed by atoms with van der Waals surface area (Å²) >= 11 is 0. The van der Waals surface area contributed by atoms with E-state index >= 15 is 0 Å². The van der Waals surface area contributed by atoms with Gasteiger partial charge in [0.05, 0.1) is 10.3 Å². The van der Waals surface area contributed by atoms with Crippen molar-refractivity contribution in [1.82, 2.24) is 0 Å². The number of aryl methyl sites for hydroxylation is 2. The third-order valence-electron chi connectivity index (χ3n) is 8.63. The van der Waals surface area contributed by atoms with Crippen molar-refractivity contribution >= 4 is 23.3 Å². The molecule has 4 fully saturated rings. The number of benzene rings is 2. The third-order valence-corrected chi connectivity index (χ3v) is 8.63. The summed E-state index contributed by atoms with van der Waals surface area (Å²) in [6.07, 6.45) is 4.71. The summed E-state index contributed by atoms with van der Waals surface area (Å²) in [5, 5.41) is 13.8. The molecular weight excluding hydrogens is 444 g/mol. The summed E-state index contributed by atoms with van der Waals surface area (Å²) in [4.78, 5) is 37.1. The number of nitrogens with one attached hydrogen (secondary N) is 1. The first kappa shape index (κ1) is 23.5. The first-order chi connectivity index (χ1) is 16.6. The Balaban J connectivity index is 1.34. The molecule has 0 saturated heterocycles. The highest BCUT2D eigenvalue weighted by Crippen LogP contribution is 2.66.